The minimum Gasteiger partial charge on any atom is -0.377 e. The number of thiazole rings is 1. The van der Waals surface area contributed by atoms with E-state index in [4.69, 9.17) is 14.5 Å². The van der Waals surface area contributed by atoms with Crippen LogP contribution in [-0.4, -0.2) is 51.0 Å². The van der Waals surface area contributed by atoms with Crippen LogP contribution < -0.4 is 10.2 Å². The summed E-state index contributed by atoms with van der Waals surface area (Å²) in [6, 6.07) is 0. The van der Waals surface area contributed by atoms with Gasteiger partial charge >= 0.3 is 0 Å². The molecule has 2 fully saturated rings. The number of rotatable bonds is 7. The molecule has 21 heavy (non-hydrogen) atoms. The van der Waals surface area contributed by atoms with Crippen LogP contribution in [0.4, 0.5) is 5.13 Å². The van der Waals surface area contributed by atoms with Crippen LogP contribution in [0.2, 0.25) is 0 Å². The van der Waals surface area contributed by atoms with Gasteiger partial charge in [0, 0.05) is 44.6 Å². The normalized spacial score (nSPS) is 25.8. The summed E-state index contributed by atoms with van der Waals surface area (Å²) in [6.45, 7) is 5.82. The minimum atomic E-state index is 0.139. The zero-order valence-corrected chi connectivity index (χ0v) is 13.9. The fourth-order valence-electron chi connectivity index (χ4n) is 2.88. The molecule has 0 amide bonds. The van der Waals surface area contributed by atoms with E-state index in [0.29, 0.717) is 5.92 Å². The van der Waals surface area contributed by atoms with Gasteiger partial charge in [-0.1, -0.05) is 6.92 Å². The highest BCUT2D eigenvalue weighted by Gasteiger charge is 2.36. The molecule has 1 aliphatic heterocycles. The Morgan fingerprint density at radius 1 is 1.24 bits per heavy atom. The molecule has 1 aromatic rings. The van der Waals surface area contributed by atoms with Crippen molar-refractivity contribution < 1.29 is 9.47 Å². The Bertz CT molecular complexity index is 463. The maximum absolute atomic E-state index is 5.53. The van der Waals surface area contributed by atoms with Crippen LogP contribution in [0.15, 0.2) is 0 Å². The van der Waals surface area contributed by atoms with E-state index in [1.807, 2.05) is 11.3 Å². The first-order chi connectivity index (χ1) is 10.3. The van der Waals surface area contributed by atoms with Gasteiger partial charge in [-0.2, -0.15) is 0 Å². The van der Waals surface area contributed by atoms with E-state index in [1.54, 1.807) is 14.2 Å². The maximum atomic E-state index is 5.53. The first kappa shape index (κ1) is 15.2. The van der Waals surface area contributed by atoms with Crippen molar-refractivity contribution in [2.24, 2.45) is 0 Å². The molecule has 0 aromatic carbocycles. The maximum Gasteiger partial charge on any atom is 0.186 e. The minimum absolute atomic E-state index is 0.139. The summed E-state index contributed by atoms with van der Waals surface area (Å²) in [4.78, 5) is 8.66. The zero-order valence-electron chi connectivity index (χ0n) is 13.1. The van der Waals surface area contributed by atoms with Gasteiger partial charge in [0.05, 0.1) is 5.69 Å². The van der Waals surface area contributed by atoms with Crippen molar-refractivity contribution in [1.29, 1.82) is 0 Å². The number of methoxy groups -OCH3 is 2. The molecule has 0 radical (unpaired) electrons. The fourth-order valence-corrected chi connectivity index (χ4v) is 4.01. The second-order valence-corrected chi connectivity index (χ2v) is 6.87. The first-order valence-corrected chi connectivity index (χ1v) is 8.59. The average Bonchev–Trinajstić information content (AvgIpc) is 3.12. The highest BCUT2D eigenvalue weighted by molar-refractivity contribution is 7.15. The quantitative estimate of drug-likeness (QED) is 0.834. The molecule has 5 nitrogen and oxygen atoms in total. The molecule has 1 aliphatic carbocycles. The molecule has 6 heteroatoms. The molecule has 2 atom stereocenters. The number of hydrogen-bond donors (Lipinski definition) is 1. The highest BCUT2D eigenvalue weighted by atomic mass is 32.1. The molecule has 0 spiro atoms. The van der Waals surface area contributed by atoms with Crippen molar-refractivity contribution >= 4 is 16.5 Å². The Balaban J connectivity index is 1.76. The number of hydrogen-bond acceptors (Lipinski definition) is 6. The molecular formula is C15H25N3O2S. The molecule has 3 rings (SSSR count). The summed E-state index contributed by atoms with van der Waals surface area (Å²) in [5, 5.41) is 4.56. The van der Waals surface area contributed by atoms with Crippen molar-refractivity contribution in [3.8, 4) is 0 Å². The van der Waals surface area contributed by atoms with Gasteiger partial charge in [-0.05, 0) is 19.4 Å². The fraction of sp³-hybridized carbons (Fsp3) is 0.800. The standard InChI is InChI=1S/C15H25N3O2S/c1-4-16-7-13-14(10-5-6-10)17-15(21-13)18-8-11(19-2)12(9-18)20-3/h10-12,16H,4-9H2,1-3H3. The smallest absolute Gasteiger partial charge is 0.186 e. The van der Waals surface area contributed by atoms with Crippen molar-refractivity contribution in [2.75, 3.05) is 38.8 Å². The van der Waals surface area contributed by atoms with E-state index in [0.717, 1.165) is 31.3 Å². The molecule has 1 N–H and O–H groups in total. The lowest BCUT2D eigenvalue weighted by molar-refractivity contribution is -0.00461. The van der Waals surface area contributed by atoms with Crippen LogP contribution in [0.1, 0.15) is 36.3 Å². The van der Waals surface area contributed by atoms with Gasteiger partial charge < -0.3 is 19.7 Å². The zero-order chi connectivity index (χ0) is 14.8. The van der Waals surface area contributed by atoms with Gasteiger partial charge in [-0.25, -0.2) is 4.98 Å². The summed E-state index contributed by atoms with van der Waals surface area (Å²) in [7, 11) is 3.52. The lowest BCUT2D eigenvalue weighted by Crippen LogP contribution is -2.27. The number of aromatic nitrogens is 1. The van der Waals surface area contributed by atoms with Gasteiger partial charge in [0.1, 0.15) is 12.2 Å². The second-order valence-electron chi connectivity index (χ2n) is 5.81. The van der Waals surface area contributed by atoms with Crippen LogP contribution in [0.5, 0.6) is 0 Å². The Morgan fingerprint density at radius 2 is 1.90 bits per heavy atom. The summed E-state index contributed by atoms with van der Waals surface area (Å²) in [5.41, 5.74) is 1.32. The molecule has 1 aromatic heterocycles. The van der Waals surface area contributed by atoms with Gasteiger partial charge in [0.15, 0.2) is 5.13 Å². The monoisotopic (exact) mass is 311 g/mol. The van der Waals surface area contributed by atoms with E-state index in [1.165, 1.54) is 23.4 Å². The van der Waals surface area contributed by atoms with E-state index < -0.39 is 0 Å². The van der Waals surface area contributed by atoms with E-state index in [9.17, 15) is 0 Å². The van der Waals surface area contributed by atoms with Crippen LogP contribution in [-0.2, 0) is 16.0 Å². The molecule has 1 saturated heterocycles. The third kappa shape index (κ3) is 3.23. The SMILES string of the molecule is CCNCc1sc(N2CC(OC)C(OC)C2)nc1C1CC1. The first-order valence-electron chi connectivity index (χ1n) is 7.77. The Hall–Kier alpha value is -0.690. The number of ether oxygens (including phenoxy) is 2. The van der Waals surface area contributed by atoms with Crippen LogP contribution in [0.3, 0.4) is 0 Å². The predicted molar refractivity (Wildman–Crippen MR) is 85.3 cm³/mol. The van der Waals surface area contributed by atoms with E-state index >= 15 is 0 Å². The van der Waals surface area contributed by atoms with Crippen molar-refractivity contribution in [3.63, 3.8) is 0 Å². The lowest BCUT2D eigenvalue weighted by atomic mass is 10.2. The number of anilines is 1. The number of nitrogens with one attached hydrogen (secondary N) is 1. The topological polar surface area (TPSA) is 46.6 Å². The third-order valence-electron chi connectivity index (χ3n) is 4.31. The Kier molecular flexibility index (Phi) is 4.78. The van der Waals surface area contributed by atoms with Crippen LogP contribution >= 0.6 is 11.3 Å². The summed E-state index contributed by atoms with van der Waals surface area (Å²) < 4.78 is 11.1. The van der Waals surface area contributed by atoms with Gasteiger partial charge in [-0.3, -0.25) is 0 Å². The van der Waals surface area contributed by atoms with Crippen LogP contribution in [0.25, 0.3) is 0 Å². The van der Waals surface area contributed by atoms with Crippen molar-refractivity contribution in [2.45, 2.75) is 44.4 Å². The van der Waals surface area contributed by atoms with Crippen LogP contribution in [0, 0.1) is 0 Å². The number of nitrogens with zero attached hydrogens (tertiary/aromatic N) is 2. The summed E-state index contributed by atoms with van der Waals surface area (Å²) >= 11 is 1.83. The molecular weight excluding hydrogens is 286 g/mol. The van der Waals surface area contributed by atoms with Gasteiger partial charge in [0.25, 0.3) is 0 Å². The molecule has 2 aliphatic rings. The Morgan fingerprint density at radius 3 is 2.43 bits per heavy atom. The molecule has 2 heterocycles. The summed E-state index contributed by atoms with van der Waals surface area (Å²) in [5.74, 6) is 0.697. The second kappa shape index (κ2) is 6.60. The third-order valence-corrected chi connectivity index (χ3v) is 5.44. The Labute approximate surface area is 130 Å². The van der Waals surface area contributed by atoms with Crippen molar-refractivity contribution in [3.05, 3.63) is 10.6 Å². The molecule has 118 valence electrons. The average molecular weight is 311 g/mol. The molecule has 2 unspecified atom stereocenters. The van der Waals surface area contributed by atoms with Gasteiger partial charge in [-0.15, -0.1) is 11.3 Å². The largest absolute Gasteiger partial charge is 0.377 e. The predicted octanol–water partition coefficient (Wildman–Crippen LogP) is 1.98. The van der Waals surface area contributed by atoms with E-state index in [-0.39, 0.29) is 12.2 Å². The van der Waals surface area contributed by atoms with E-state index in [2.05, 4.69) is 17.1 Å². The van der Waals surface area contributed by atoms with Crippen molar-refractivity contribution in [1.82, 2.24) is 10.3 Å². The summed E-state index contributed by atoms with van der Waals surface area (Å²) in [6.07, 6.45) is 2.87. The van der Waals surface area contributed by atoms with Gasteiger partial charge in [0.2, 0.25) is 0 Å². The lowest BCUT2D eigenvalue weighted by Gasteiger charge is -2.13. The molecule has 1 saturated carbocycles. The molecule has 0 bridgehead atoms. The highest BCUT2D eigenvalue weighted by Crippen LogP contribution is 2.44.